The summed E-state index contributed by atoms with van der Waals surface area (Å²) in [5, 5.41) is 30.8. The van der Waals surface area contributed by atoms with E-state index < -0.39 is 64.0 Å². The average molecular weight is 406 g/mol. The van der Waals surface area contributed by atoms with Crippen molar-refractivity contribution in [2.24, 2.45) is 29.2 Å². The Morgan fingerprint density at radius 1 is 1.21 bits per heavy atom. The first-order chi connectivity index (χ1) is 13.1. The van der Waals surface area contributed by atoms with Crippen LogP contribution in [0.15, 0.2) is 23.1 Å². The number of phenolic OH excluding ortho intramolecular Hbond substituents is 1. The fourth-order valence-corrected chi connectivity index (χ4v) is 6.12. The van der Waals surface area contributed by atoms with Gasteiger partial charge in [0.2, 0.25) is 5.91 Å². The number of rotatable bonds is 1. The van der Waals surface area contributed by atoms with Crippen molar-refractivity contribution in [2.45, 2.75) is 34.3 Å². The van der Waals surface area contributed by atoms with Crippen LogP contribution in [-0.2, 0) is 14.4 Å². The van der Waals surface area contributed by atoms with Crippen LogP contribution >= 0.6 is 11.8 Å². The number of benzene rings is 1. The molecule has 7 unspecified atom stereocenters. The van der Waals surface area contributed by atoms with Crippen molar-refractivity contribution in [1.29, 1.82) is 0 Å². The summed E-state index contributed by atoms with van der Waals surface area (Å²) in [6, 6.07) is 3.24. The number of aliphatic hydroxyl groups is 2. The molecule has 1 aliphatic heterocycles. The second-order valence-corrected chi connectivity index (χ2v) is 8.71. The molecule has 2 fully saturated rings. The average Bonchev–Trinajstić information content (AvgIpc) is 2.62. The molecule has 2 saturated carbocycles. The molecule has 0 radical (unpaired) electrons. The maximum Gasteiger partial charge on any atom is 0.230 e. The van der Waals surface area contributed by atoms with E-state index in [1.165, 1.54) is 17.8 Å². The summed E-state index contributed by atoms with van der Waals surface area (Å²) in [5.74, 6) is -8.90. The zero-order valence-corrected chi connectivity index (χ0v) is 15.3. The highest BCUT2D eigenvalue weighted by molar-refractivity contribution is 8.00. The Labute approximate surface area is 163 Å². The predicted octanol–water partition coefficient (Wildman–Crippen LogP) is -1.64. The van der Waals surface area contributed by atoms with Crippen LogP contribution in [0.5, 0.6) is 5.75 Å². The number of Topliss-reactive ketones (excluding diaryl/α,β-unsaturated/α-hetero) is 3. The summed E-state index contributed by atoms with van der Waals surface area (Å²) in [6.45, 7) is 0. The third-order valence-electron chi connectivity index (χ3n) is 6.03. The lowest BCUT2D eigenvalue weighted by Crippen LogP contribution is -2.75. The van der Waals surface area contributed by atoms with Crippen molar-refractivity contribution >= 4 is 35.0 Å². The van der Waals surface area contributed by atoms with Crippen molar-refractivity contribution in [3.63, 3.8) is 0 Å². The van der Waals surface area contributed by atoms with Gasteiger partial charge in [-0.15, -0.1) is 11.8 Å². The van der Waals surface area contributed by atoms with Gasteiger partial charge in [0.05, 0.1) is 17.6 Å². The van der Waals surface area contributed by atoms with E-state index in [-0.39, 0.29) is 17.7 Å². The molecule has 4 rings (SSSR count). The van der Waals surface area contributed by atoms with Gasteiger partial charge < -0.3 is 26.8 Å². The van der Waals surface area contributed by atoms with Gasteiger partial charge in [-0.2, -0.15) is 0 Å². The number of aliphatic hydroxyl groups excluding tert-OH is 1. The second-order valence-electron chi connectivity index (χ2n) is 7.43. The quantitative estimate of drug-likeness (QED) is 0.342. The van der Waals surface area contributed by atoms with Crippen LogP contribution < -0.4 is 11.5 Å². The molecule has 0 saturated heterocycles. The number of hydrogen-bond acceptors (Lipinski definition) is 9. The summed E-state index contributed by atoms with van der Waals surface area (Å²) in [4.78, 5) is 51.1. The minimum absolute atomic E-state index is 0.00609. The van der Waals surface area contributed by atoms with E-state index in [2.05, 4.69) is 0 Å². The molecule has 0 aromatic heterocycles. The van der Waals surface area contributed by atoms with E-state index >= 15 is 0 Å². The number of phenols is 1. The van der Waals surface area contributed by atoms with E-state index in [1.54, 1.807) is 12.1 Å². The standard InChI is InChI=1S/C18H18N2O7S/c19-12-5-4-8-10(13(22)9-6(21)2-1-3-7(9)28-8)15(24)18(5,27)16(25)11(14(12)23)17(20)26/h1-3,5,8,10-12,14,21,23,27H,4,19H2,(H2,20,26). The highest BCUT2D eigenvalue weighted by Gasteiger charge is 2.68. The molecule has 0 bridgehead atoms. The molecule has 3 aliphatic rings. The van der Waals surface area contributed by atoms with Gasteiger partial charge in [0.1, 0.15) is 11.7 Å². The summed E-state index contributed by atoms with van der Waals surface area (Å²) in [7, 11) is 0. The number of ketones is 3. The highest BCUT2D eigenvalue weighted by atomic mass is 32.2. The maximum atomic E-state index is 13.2. The molecule has 1 amide bonds. The van der Waals surface area contributed by atoms with Gasteiger partial charge in [-0.05, 0) is 18.6 Å². The summed E-state index contributed by atoms with van der Waals surface area (Å²) in [5.41, 5.74) is 8.43. The summed E-state index contributed by atoms with van der Waals surface area (Å²) in [6.07, 6.45) is -1.64. The molecule has 7 atom stereocenters. The number of aromatic hydroxyl groups is 1. The van der Waals surface area contributed by atoms with Crippen LogP contribution in [0, 0.1) is 17.8 Å². The number of carbonyl (C=O) groups is 4. The smallest absolute Gasteiger partial charge is 0.230 e. The highest BCUT2D eigenvalue weighted by Crippen LogP contribution is 2.52. The largest absolute Gasteiger partial charge is 0.507 e. The lowest BCUT2D eigenvalue weighted by atomic mass is 9.56. The van der Waals surface area contributed by atoms with E-state index in [0.717, 1.165) is 0 Å². The Hall–Kier alpha value is -2.27. The number of thioether (sulfide) groups is 1. The predicted molar refractivity (Wildman–Crippen MR) is 95.3 cm³/mol. The molecule has 7 N–H and O–H groups in total. The third-order valence-corrected chi connectivity index (χ3v) is 7.39. The van der Waals surface area contributed by atoms with E-state index in [1.807, 2.05) is 0 Å². The molecule has 10 heteroatoms. The van der Waals surface area contributed by atoms with E-state index in [0.29, 0.717) is 4.90 Å². The van der Waals surface area contributed by atoms with Crippen molar-refractivity contribution < 1.29 is 34.5 Å². The number of nitrogens with two attached hydrogens (primary N) is 2. The van der Waals surface area contributed by atoms with Crippen molar-refractivity contribution in [2.75, 3.05) is 0 Å². The Bertz CT molecular complexity index is 935. The minimum Gasteiger partial charge on any atom is -0.507 e. The van der Waals surface area contributed by atoms with Gasteiger partial charge in [0.15, 0.2) is 23.0 Å². The number of primary amides is 1. The second kappa shape index (κ2) is 6.11. The summed E-state index contributed by atoms with van der Waals surface area (Å²) < 4.78 is 0. The fraction of sp³-hybridized carbons (Fsp3) is 0.444. The van der Waals surface area contributed by atoms with Gasteiger partial charge in [0.25, 0.3) is 0 Å². The van der Waals surface area contributed by atoms with Gasteiger partial charge in [-0.25, -0.2) is 0 Å². The molecule has 1 aromatic carbocycles. The van der Waals surface area contributed by atoms with Gasteiger partial charge in [-0.1, -0.05) is 6.07 Å². The molecule has 0 spiro atoms. The number of fused-ring (bicyclic) bond motifs is 3. The third kappa shape index (κ3) is 2.26. The lowest BCUT2D eigenvalue weighted by Gasteiger charge is -2.52. The van der Waals surface area contributed by atoms with Crippen LogP contribution in [0.2, 0.25) is 0 Å². The van der Waals surface area contributed by atoms with Crippen LogP contribution in [0.1, 0.15) is 16.8 Å². The molecule has 148 valence electrons. The first-order valence-corrected chi connectivity index (χ1v) is 9.55. The van der Waals surface area contributed by atoms with Crippen LogP contribution in [0.25, 0.3) is 0 Å². The van der Waals surface area contributed by atoms with Crippen molar-refractivity contribution in [3.8, 4) is 5.75 Å². The molecule has 28 heavy (non-hydrogen) atoms. The van der Waals surface area contributed by atoms with E-state index in [4.69, 9.17) is 11.5 Å². The first-order valence-electron chi connectivity index (χ1n) is 8.67. The maximum absolute atomic E-state index is 13.2. The lowest BCUT2D eigenvalue weighted by molar-refractivity contribution is -0.180. The molecule has 2 aliphatic carbocycles. The topological polar surface area (TPSA) is 181 Å². The normalized spacial score (nSPS) is 39.8. The van der Waals surface area contributed by atoms with E-state index in [9.17, 15) is 34.5 Å². The molecular formula is C18H18N2O7S. The van der Waals surface area contributed by atoms with Crippen molar-refractivity contribution in [1.82, 2.24) is 0 Å². The number of carbonyl (C=O) groups excluding carboxylic acids is 4. The molecular weight excluding hydrogens is 388 g/mol. The Balaban J connectivity index is 1.83. The zero-order valence-electron chi connectivity index (χ0n) is 14.4. The minimum atomic E-state index is -2.70. The first kappa shape index (κ1) is 19.1. The zero-order chi connectivity index (χ0) is 20.5. The van der Waals surface area contributed by atoms with Crippen molar-refractivity contribution in [3.05, 3.63) is 23.8 Å². The number of amides is 1. The number of hydrogen-bond donors (Lipinski definition) is 5. The molecule has 1 aromatic rings. The molecule has 9 nitrogen and oxygen atoms in total. The van der Waals surface area contributed by atoms with Crippen LogP contribution in [-0.4, -0.2) is 61.6 Å². The van der Waals surface area contributed by atoms with Crippen LogP contribution in [0.4, 0.5) is 0 Å². The Morgan fingerprint density at radius 2 is 1.89 bits per heavy atom. The van der Waals surface area contributed by atoms with Crippen LogP contribution in [0.3, 0.4) is 0 Å². The monoisotopic (exact) mass is 406 g/mol. The van der Waals surface area contributed by atoms with Gasteiger partial charge in [-0.3, -0.25) is 19.2 Å². The molecule has 1 heterocycles. The Kier molecular flexibility index (Phi) is 4.16. The van der Waals surface area contributed by atoms with Gasteiger partial charge in [0, 0.05) is 22.1 Å². The SMILES string of the molecule is NC(=O)C1C(=O)C2(O)C(=O)C3C(=O)c4c(O)cccc4SC3CC2C(N)C1O. The fourth-order valence-electron chi connectivity index (χ4n) is 4.62. The summed E-state index contributed by atoms with van der Waals surface area (Å²) >= 11 is 1.18. The van der Waals surface area contributed by atoms with Gasteiger partial charge >= 0.3 is 0 Å². The Morgan fingerprint density at radius 3 is 2.54 bits per heavy atom.